The molecular formula is C13H22N2O2S2. The van der Waals surface area contributed by atoms with Gasteiger partial charge in [0.2, 0.25) is 10.0 Å². The van der Waals surface area contributed by atoms with Crippen molar-refractivity contribution in [2.75, 3.05) is 11.5 Å². The molecule has 1 rings (SSSR count). The van der Waals surface area contributed by atoms with Gasteiger partial charge in [-0.2, -0.15) is 11.8 Å². The molecule has 0 spiro atoms. The summed E-state index contributed by atoms with van der Waals surface area (Å²) in [6.07, 6.45) is 0. The summed E-state index contributed by atoms with van der Waals surface area (Å²) in [7, 11) is -3.28. The molecule has 0 aromatic heterocycles. The van der Waals surface area contributed by atoms with E-state index < -0.39 is 10.0 Å². The van der Waals surface area contributed by atoms with Crippen molar-refractivity contribution in [2.45, 2.75) is 32.2 Å². The van der Waals surface area contributed by atoms with E-state index in [1.807, 2.05) is 31.2 Å². The predicted octanol–water partition coefficient (Wildman–Crippen LogP) is 1.71. The summed E-state index contributed by atoms with van der Waals surface area (Å²) in [5.74, 6) is 1.80. The fourth-order valence-corrected chi connectivity index (χ4v) is 3.86. The van der Waals surface area contributed by atoms with Crippen molar-refractivity contribution in [3.63, 3.8) is 0 Å². The SMILES string of the molecule is CCSCC(C)NS(=O)(=O)Cc1ccc(CN)cc1. The Bertz CT molecular complexity index is 472. The molecule has 1 aromatic rings. The van der Waals surface area contributed by atoms with E-state index in [4.69, 9.17) is 5.73 Å². The summed E-state index contributed by atoms with van der Waals surface area (Å²) < 4.78 is 26.7. The van der Waals surface area contributed by atoms with Gasteiger partial charge in [-0.1, -0.05) is 31.2 Å². The summed E-state index contributed by atoms with van der Waals surface area (Å²) in [6.45, 7) is 4.42. The van der Waals surface area contributed by atoms with Crippen molar-refractivity contribution in [1.29, 1.82) is 0 Å². The zero-order valence-electron chi connectivity index (χ0n) is 11.4. The number of benzene rings is 1. The molecule has 19 heavy (non-hydrogen) atoms. The third kappa shape index (κ3) is 6.42. The maximum atomic E-state index is 12.0. The summed E-state index contributed by atoms with van der Waals surface area (Å²) >= 11 is 1.73. The van der Waals surface area contributed by atoms with Crippen molar-refractivity contribution in [2.24, 2.45) is 5.73 Å². The van der Waals surface area contributed by atoms with Gasteiger partial charge >= 0.3 is 0 Å². The van der Waals surface area contributed by atoms with Gasteiger partial charge in [0.15, 0.2) is 0 Å². The van der Waals surface area contributed by atoms with E-state index in [-0.39, 0.29) is 11.8 Å². The fourth-order valence-electron chi connectivity index (χ4n) is 1.67. The highest BCUT2D eigenvalue weighted by Gasteiger charge is 2.15. The highest BCUT2D eigenvalue weighted by atomic mass is 32.2. The molecular weight excluding hydrogens is 280 g/mol. The molecule has 0 aliphatic carbocycles. The van der Waals surface area contributed by atoms with E-state index in [0.717, 1.165) is 22.6 Å². The van der Waals surface area contributed by atoms with Crippen LogP contribution in [-0.2, 0) is 22.3 Å². The number of nitrogens with two attached hydrogens (primary N) is 1. The number of hydrogen-bond acceptors (Lipinski definition) is 4. The third-order valence-corrected chi connectivity index (χ3v) is 5.19. The molecule has 0 bridgehead atoms. The van der Waals surface area contributed by atoms with Gasteiger partial charge in [0, 0.05) is 18.3 Å². The van der Waals surface area contributed by atoms with Crippen LogP contribution in [0.4, 0.5) is 0 Å². The van der Waals surface area contributed by atoms with Crippen LogP contribution in [0.1, 0.15) is 25.0 Å². The summed E-state index contributed by atoms with van der Waals surface area (Å²) in [4.78, 5) is 0. The molecule has 0 amide bonds. The van der Waals surface area contributed by atoms with E-state index in [1.165, 1.54) is 0 Å². The van der Waals surface area contributed by atoms with E-state index in [0.29, 0.717) is 6.54 Å². The molecule has 0 saturated heterocycles. The first-order chi connectivity index (χ1) is 8.96. The van der Waals surface area contributed by atoms with Crippen LogP contribution in [0.5, 0.6) is 0 Å². The zero-order chi connectivity index (χ0) is 14.3. The summed E-state index contributed by atoms with van der Waals surface area (Å²) in [5, 5.41) is 0. The lowest BCUT2D eigenvalue weighted by atomic mass is 10.1. The van der Waals surface area contributed by atoms with Gasteiger partial charge in [-0.25, -0.2) is 13.1 Å². The Labute approximate surface area is 120 Å². The number of thioether (sulfide) groups is 1. The first kappa shape index (κ1) is 16.5. The third-order valence-electron chi connectivity index (χ3n) is 2.57. The Kier molecular flexibility index (Phi) is 6.85. The predicted molar refractivity (Wildman–Crippen MR) is 82.6 cm³/mol. The Morgan fingerprint density at radius 2 is 1.84 bits per heavy atom. The lowest BCUT2D eigenvalue weighted by Crippen LogP contribution is -2.35. The van der Waals surface area contributed by atoms with Gasteiger partial charge in [0.1, 0.15) is 0 Å². The largest absolute Gasteiger partial charge is 0.326 e. The van der Waals surface area contributed by atoms with Crippen molar-refractivity contribution in [3.8, 4) is 0 Å². The first-order valence-electron chi connectivity index (χ1n) is 6.32. The average molecular weight is 302 g/mol. The molecule has 0 aliphatic heterocycles. The molecule has 6 heteroatoms. The second-order valence-corrected chi connectivity index (χ2v) is 7.53. The molecule has 1 atom stereocenters. The molecule has 0 aliphatic rings. The molecule has 108 valence electrons. The van der Waals surface area contributed by atoms with E-state index in [9.17, 15) is 8.42 Å². The molecule has 0 saturated carbocycles. The van der Waals surface area contributed by atoms with E-state index in [1.54, 1.807) is 11.8 Å². The lowest BCUT2D eigenvalue weighted by Gasteiger charge is -2.13. The van der Waals surface area contributed by atoms with Crippen LogP contribution in [-0.4, -0.2) is 26.0 Å². The minimum absolute atomic E-state index is 0.0129. The first-order valence-corrected chi connectivity index (χ1v) is 9.13. The van der Waals surface area contributed by atoms with Gasteiger partial charge in [-0.15, -0.1) is 0 Å². The maximum Gasteiger partial charge on any atom is 0.216 e. The van der Waals surface area contributed by atoms with Crippen LogP contribution >= 0.6 is 11.8 Å². The van der Waals surface area contributed by atoms with Crippen molar-refractivity contribution in [1.82, 2.24) is 4.72 Å². The highest BCUT2D eigenvalue weighted by Crippen LogP contribution is 2.09. The minimum Gasteiger partial charge on any atom is -0.326 e. The molecule has 1 unspecified atom stereocenters. The van der Waals surface area contributed by atoms with Crippen LogP contribution < -0.4 is 10.5 Å². The Balaban J connectivity index is 2.58. The molecule has 0 fully saturated rings. The molecule has 0 heterocycles. The quantitative estimate of drug-likeness (QED) is 0.767. The van der Waals surface area contributed by atoms with Gasteiger partial charge in [0.25, 0.3) is 0 Å². The van der Waals surface area contributed by atoms with Crippen LogP contribution in [0.3, 0.4) is 0 Å². The van der Waals surface area contributed by atoms with Crippen LogP contribution in [0.25, 0.3) is 0 Å². The normalized spacial score (nSPS) is 13.4. The standard InChI is InChI=1S/C13H22N2O2S2/c1-3-18-9-11(2)15-19(16,17)10-13-6-4-12(8-14)5-7-13/h4-7,11,15H,3,8-10,14H2,1-2H3. The fraction of sp³-hybridized carbons (Fsp3) is 0.538. The van der Waals surface area contributed by atoms with Crippen LogP contribution in [0.15, 0.2) is 24.3 Å². The van der Waals surface area contributed by atoms with Gasteiger partial charge in [-0.05, 0) is 23.8 Å². The topological polar surface area (TPSA) is 72.2 Å². The summed E-state index contributed by atoms with van der Waals surface area (Å²) in [6, 6.07) is 7.31. The number of nitrogens with one attached hydrogen (secondary N) is 1. The van der Waals surface area contributed by atoms with Crippen molar-refractivity contribution in [3.05, 3.63) is 35.4 Å². The monoisotopic (exact) mass is 302 g/mol. The van der Waals surface area contributed by atoms with Gasteiger partial charge < -0.3 is 5.73 Å². The van der Waals surface area contributed by atoms with E-state index in [2.05, 4.69) is 11.6 Å². The van der Waals surface area contributed by atoms with Crippen LogP contribution in [0.2, 0.25) is 0 Å². The Hall–Kier alpha value is -0.560. The second kappa shape index (κ2) is 7.89. The van der Waals surface area contributed by atoms with Crippen molar-refractivity contribution < 1.29 is 8.42 Å². The Morgan fingerprint density at radius 1 is 1.26 bits per heavy atom. The minimum atomic E-state index is -3.28. The molecule has 1 aromatic carbocycles. The van der Waals surface area contributed by atoms with Crippen molar-refractivity contribution >= 4 is 21.8 Å². The molecule has 3 N–H and O–H groups in total. The lowest BCUT2D eigenvalue weighted by molar-refractivity contribution is 0.570. The van der Waals surface area contributed by atoms with Crippen LogP contribution in [0, 0.1) is 0 Å². The number of sulfonamides is 1. The molecule has 0 radical (unpaired) electrons. The molecule has 4 nitrogen and oxygen atoms in total. The zero-order valence-corrected chi connectivity index (χ0v) is 13.1. The van der Waals surface area contributed by atoms with Gasteiger partial charge in [0.05, 0.1) is 5.75 Å². The van der Waals surface area contributed by atoms with E-state index >= 15 is 0 Å². The Morgan fingerprint density at radius 3 is 2.37 bits per heavy atom. The smallest absolute Gasteiger partial charge is 0.216 e. The second-order valence-electron chi connectivity index (χ2n) is 4.46. The average Bonchev–Trinajstić information content (AvgIpc) is 2.36. The highest BCUT2D eigenvalue weighted by molar-refractivity contribution is 7.99. The maximum absolute atomic E-state index is 12.0. The number of hydrogen-bond donors (Lipinski definition) is 2. The number of rotatable bonds is 8. The van der Waals surface area contributed by atoms with Gasteiger partial charge in [-0.3, -0.25) is 0 Å². The summed E-state index contributed by atoms with van der Waals surface area (Å²) in [5.41, 5.74) is 7.29.